The van der Waals surface area contributed by atoms with Crippen LogP contribution in [0.25, 0.3) is 0 Å². The second kappa shape index (κ2) is 11.7. The molecule has 0 fully saturated rings. The molecule has 2 aromatic carbocycles. The fourth-order valence-corrected chi connectivity index (χ4v) is 4.82. The average Bonchev–Trinajstić information content (AvgIpc) is 2.75. The van der Waals surface area contributed by atoms with Gasteiger partial charge in [-0.15, -0.1) is 0 Å². The molecule has 2 amide bonds. The normalized spacial score (nSPS) is 12.7. The van der Waals surface area contributed by atoms with E-state index in [1.165, 1.54) is 10.6 Å². The van der Waals surface area contributed by atoms with Crippen LogP contribution in [0.5, 0.6) is 0 Å². The molecule has 0 aliphatic heterocycles. The maximum absolute atomic E-state index is 13.3. The van der Waals surface area contributed by atoms with Crippen LogP contribution in [0.4, 0.5) is 5.69 Å². The fraction of sp³-hybridized carbons (Fsp3) is 0.481. The van der Waals surface area contributed by atoms with E-state index in [0.717, 1.165) is 16.7 Å². The minimum atomic E-state index is -3.53. The van der Waals surface area contributed by atoms with Crippen LogP contribution in [0, 0.1) is 13.8 Å². The zero-order valence-electron chi connectivity index (χ0n) is 22.0. The molecule has 1 N–H and O–H groups in total. The molecule has 0 saturated heterocycles. The summed E-state index contributed by atoms with van der Waals surface area (Å²) in [7, 11) is -3.53. The zero-order valence-corrected chi connectivity index (χ0v) is 22.8. The molecular formula is C27H39N3O4S. The van der Waals surface area contributed by atoms with Crippen LogP contribution >= 0.6 is 0 Å². The van der Waals surface area contributed by atoms with Crippen molar-refractivity contribution in [3.8, 4) is 0 Å². The number of amides is 2. The molecule has 2 rings (SSSR count). The van der Waals surface area contributed by atoms with Gasteiger partial charge in [-0.3, -0.25) is 13.9 Å². The molecule has 2 aromatic rings. The Bertz CT molecular complexity index is 1120. The molecule has 0 aromatic heterocycles. The van der Waals surface area contributed by atoms with Crippen molar-refractivity contribution < 1.29 is 18.0 Å². The number of sulfonamides is 1. The van der Waals surface area contributed by atoms with Gasteiger partial charge >= 0.3 is 0 Å². The molecule has 192 valence electrons. The highest BCUT2D eigenvalue weighted by atomic mass is 32.2. The Labute approximate surface area is 210 Å². The molecule has 8 heteroatoms. The predicted octanol–water partition coefficient (Wildman–Crippen LogP) is 4.18. The monoisotopic (exact) mass is 501 g/mol. The van der Waals surface area contributed by atoms with Gasteiger partial charge in [0.25, 0.3) is 0 Å². The Kier molecular flexibility index (Phi) is 9.49. The van der Waals surface area contributed by atoms with Crippen LogP contribution in [0.2, 0.25) is 0 Å². The van der Waals surface area contributed by atoms with Gasteiger partial charge < -0.3 is 10.2 Å². The number of carbonyl (C=O) groups excluding carboxylic acids is 2. The molecule has 7 nitrogen and oxygen atoms in total. The first-order chi connectivity index (χ1) is 16.2. The van der Waals surface area contributed by atoms with Gasteiger partial charge in [-0.1, -0.05) is 42.5 Å². The van der Waals surface area contributed by atoms with Crippen molar-refractivity contribution in [1.82, 2.24) is 10.2 Å². The summed E-state index contributed by atoms with van der Waals surface area (Å²) in [4.78, 5) is 27.8. The largest absolute Gasteiger partial charge is 0.350 e. The van der Waals surface area contributed by atoms with Crippen LogP contribution < -0.4 is 9.62 Å². The number of carbonyl (C=O) groups is 2. The number of hydrogen-bond acceptors (Lipinski definition) is 4. The topological polar surface area (TPSA) is 86.8 Å². The van der Waals surface area contributed by atoms with Crippen LogP contribution in [0.1, 0.15) is 57.2 Å². The summed E-state index contributed by atoms with van der Waals surface area (Å²) in [6.07, 6.45) is 1.63. The molecule has 1 atom stereocenters. The van der Waals surface area contributed by atoms with Crippen molar-refractivity contribution in [2.45, 2.75) is 72.5 Å². The number of anilines is 1. The summed E-state index contributed by atoms with van der Waals surface area (Å²) in [6, 6.07) is 14.5. The summed E-state index contributed by atoms with van der Waals surface area (Å²) < 4.78 is 26.5. The average molecular weight is 502 g/mol. The minimum absolute atomic E-state index is 0.122. The molecule has 0 aliphatic carbocycles. The predicted molar refractivity (Wildman–Crippen MR) is 142 cm³/mol. The summed E-state index contributed by atoms with van der Waals surface area (Å²) in [5, 5.41) is 2.95. The van der Waals surface area contributed by atoms with Crippen molar-refractivity contribution in [2.75, 3.05) is 17.1 Å². The first-order valence-electron chi connectivity index (χ1n) is 11.9. The number of benzene rings is 2. The van der Waals surface area contributed by atoms with Crippen molar-refractivity contribution >= 4 is 27.5 Å². The van der Waals surface area contributed by atoms with Gasteiger partial charge in [-0.05, 0) is 70.7 Å². The van der Waals surface area contributed by atoms with Crippen molar-refractivity contribution in [1.29, 1.82) is 0 Å². The van der Waals surface area contributed by atoms with E-state index in [1.807, 2.05) is 83.1 Å². The molecule has 0 heterocycles. The number of nitrogens with zero attached hydrogens (tertiary/aromatic N) is 2. The van der Waals surface area contributed by atoms with E-state index < -0.39 is 21.6 Å². The second-order valence-electron chi connectivity index (χ2n) is 10.2. The van der Waals surface area contributed by atoms with Gasteiger partial charge in [0, 0.05) is 25.0 Å². The van der Waals surface area contributed by atoms with E-state index in [0.29, 0.717) is 18.7 Å². The van der Waals surface area contributed by atoms with E-state index in [9.17, 15) is 18.0 Å². The lowest BCUT2D eigenvalue weighted by Crippen LogP contribution is -2.52. The molecule has 0 radical (unpaired) electrons. The van der Waals surface area contributed by atoms with Gasteiger partial charge in [-0.2, -0.15) is 0 Å². The zero-order chi connectivity index (χ0) is 26.4. The van der Waals surface area contributed by atoms with Crippen molar-refractivity contribution in [3.63, 3.8) is 0 Å². The second-order valence-corrected chi connectivity index (χ2v) is 12.1. The standard InChI is InChI=1S/C27H39N3O4S/c1-20-15-16-21(2)24(18-20)30(35(7,33)34)17-11-14-25(31)29(19-23-12-9-8-10-13-23)22(3)26(32)28-27(4,5)6/h8-10,12-13,15-16,18,22H,11,14,17,19H2,1-7H3,(H,28,32). The Morgan fingerprint density at radius 3 is 2.23 bits per heavy atom. The van der Waals surface area contributed by atoms with Crippen LogP contribution in [0.15, 0.2) is 48.5 Å². The van der Waals surface area contributed by atoms with Crippen molar-refractivity contribution in [3.05, 3.63) is 65.2 Å². The Hall–Kier alpha value is -2.87. The fourth-order valence-electron chi connectivity index (χ4n) is 3.81. The van der Waals surface area contributed by atoms with E-state index >= 15 is 0 Å². The number of hydrogen-bond donors (Lipinski definition) is 1. The molecule has 0 saturated carbocycles. The molecule has 1 unspecified atom stereocenters. The van der Waals surface area contributed by atoms with E-state index in [-0.39, 0.29) is 24.8 Å². The Morgan fingerprint density at radius 1 is 1.03 bits per heavy atom. The summed E-state index contributed by atoms with van der Waals surface area (Å²) in [5.74, 6) is -0.422. The number of aryl methyl sites for hydroxylation is 2. The third kappa shape index (κ3) is 8.69. The highest BCUT2D eigenvalue weighted by Crippen LogP contribution is 2.24. The third-order valence-corrected chi connectivity index (χ3v) is 6.83. The summed E-state index contributed by atoms with van der Waals surface area (Å²) >= 11 is 0. The smallest absolute Gasteiger partial charge is 0.242 e. The van der Waals surface area contributed by atoms with Crippen molar-refractivity contribution in [2.24, 2.45) is 0 Å². The summed E-state index contributed by atoms with van der Waals surface area (Å²) in [5.41, 5.74) is 2.94. The lowest BCUT2D eigenvalue weighted by atomic mass is 10.1. The van der Waals surface area contributed by atoms with Crippen LogP contribution in [-0.4, -0.2) is 49.5 Å². The first kappa shape index (κ1) is 28.4. The number of nitrogens with one attached hydrogen (secondary N) is 1. The van der Waals surface area contributed by atoms with Crippen LogP contribution in [-0.2, 0) is 26.2 Å². The van der Waals surface area contributed by atoms with Gasteiger partial charge in [-0.25, -0.2) is 8.42 Å². The highest BCUT2D eigenvalue weighted by Gasteiger charge is 2.28. The number of rotatable bonds is 10. The van der Waals surface area contributed by atoms with Gasteiger partial charge in [0.1, 0.15) is 6.04 Å². The minimum Gasteiger partial charge on any atom is -0.350 e. The molecule has 35 heavy (non-hydrogen) atoms. The summed E-state index contributed by atoms with van der Waals surface area (Å²) in [6.45, 7) is 11.7. The molecular weight excluding hydrogens is 462 g/mol. The molecule has 0 aliphatic rings. The molecule has 0 spiro atoms. The Balaban J connectivity index is 2.20. The van der Waals surface area contributed by atoms with E-state index in [4.69, 9.17) is 0 Å². The first-order valence-corrected chi connectivity index (χ1v) is 13.7. The quantitative estimate of drug-likeness (QED) is 0.529. The third-order valence-electron chi connectivity index (χ3n) is 5.65. The maximum atomic E-state index is 13.3. The van der Waals surface area contributed by atoms with Gasteiger partial charge in [0.2, 0.25) is 21.8 Å². The Morgan fingerprint density at radius 2 is 1.66 bits per heavy atom. The molecule has 0 bridgehead atoms. The van der Waals surface area contributed by atoms with E-state index in [1.54, 1.807) is 11.8 Å². The van der Waals surface area contributed by atoms with Gasteiger partial charge in [0.15, 0.2) is 0 Å². The SMILES string of the molecule is Cc1ccc(C)c(N(CCCC(=O)N(Cc2ccccc2)C(C)C(=O)NC(C)(C)C)S(C)(=O)=O)c1. The maximum Gasteiger partial charge on any atom is 0.242 e. The highest BCUT2D eigenvalue weighted by molar-refractivity contribution is 7.92. The van der Waals surface area contributed by atoms with E-state index in [2.05, 4.69) is 5.32 Å². The lowest BCUT2D eigenvalue weighted by Gasteiger charge is -2.32. The lowest BCUT2D eigenvalue weighted by molar-refractivity contribution is -0.141. The van der Waals surface area contributed by atoms with Gasteiger partial charge in [0.05, 0.1) is 11.9 Å². The van der Waals surface area contributed by atoms with Crippen LogP contribution in [0.3, 0.4) is 0 Å².